The topological polar surface area (TPSA) is 95.5 Å². The van der Waals surface area contributed by atoms with Crippen molar-refractivity contribution < 1.29 is 28.3 Å². The van der Waals surface area contributed by atoms with Gasteiger partial charge in [-0.25, -0.2) is 8.78 Å². The Hall–Kier alpha value is -2.51. The molecule has 2 amide bonds. The van der Waals surface area contributed by atoms with E-state index in [1.807, 2.05) is 0 Å². The summed E-state index contributed by atoms with van der Waals surface area (Å²) in [6.45, 7) is 0.753. The summed E-state index contributed by atoms with van der Waals surface area (Å²) in [7, 11) is 0. The molecule has 0 bridgehead atoms. The summed E-state index contributed by atoms with van der Waals surface area (Å²) in [4.78, 5) is 33.6. The molecule has 8 heteroatoms. The molecular formula is C15H16F2N2O4. The Balaban J connectivity index is 1.89. The number of nitrogens with one attached hydrogen (secondary N) is 2. The number of aliphatic carboxylic acids is 1. The Morgan fingerprint density at radius 2 is 1.78 bits per heavy atom. The average Bonchev–Trinajstić information content (AvgIpc) is 2.99. The van der Waals surface area contributed by atoms with Gasteiger partial charge >= 0.3 is 5.97 Å². The molecule has 0 spiro atoms. The number of hydrogen-bond acceptors (Lipinski definition) is 3. The van der Waals surface area contributed by atoms with E-state index in [2.05, 4.69) is 10.6 Å². The van der Waals surface area contributed by atoms with Gasteiger partial charge in [0.25, 0.3) is 5.92 Å². The van der Waals surface area contributed by atoms with E-state index < -0.39 is 42.1 Å². The number of alkyl halides is 2. The van der Waals surface area contributed by atoms with Gasteiger partial charge in [-0.2, -0.15) is 0 Å². The summed E-state index contributed by atoms with van der Waals surface area (Å²) < 4.78 is 26.2. The van der Waals surface area contributed by atoms with Crippen molar-refractivity contribution in [3.63, 3.8) is 0 Å². The molecule has 0 aromatic heterocycles. The highest BCUT2D eigenvalue weighted by molar-refractivity contribution is 5.98. The first-order valence-electron chi connectivity index (χ1n) is 6.91. The van der Waals surface area contributed by atoms with E-state index in [0.717, 1.165) is 0 Å². The van der Waals surface area contributed by atoms with E-state index in [4.69, 9.17) is 5.11 Å². The van der Waals surface area contributed by atoms with E-state index in [-0.39, 0.29) is 6.42 Å². The maximum atomic E-state index is 13.1. The minimum Gasteiger partial charge on any atom is -0.480 e. The monoisotopic (exact) mass is 326 g/mol. The van der Waals surface area contributed by atoms with E-state index >= 15 is 0 Å². The van der Waals surface area contributed by atoms with E-state index in [0.29, 0.717) is 11.3 Å². The third-order valence-corrected chi connectivity index (χ3v) is 3.77. The highest BCUT2D eigenvalue weighted by Gasteiger charge is 2.72. The first-order chi connectivity index (χ1) is 10.6. The van der Waals surface area contributed by atoms with Crippen LogP contribution in [0.5, 0.6) is 0 Å². The van der Waals surface area contributed by atoms with Gasteiger partial charge < -0.3 is 15.7 Å². The van der Waals surface area contributed by atoms with Crippen molar-refractivity contribution in [3.8, 4) is 0 Å². The van der Waals surface area contributed by atoms with Crippen LogP contribution >= 0.6 is 0 Å². The number of hydrogen-bond donors (Lipinski definition) is 3. The van der Waals surface area contributed by atoms with Gasteiger partial charge in [-0.15, -0.1) is 0 Å². The first kappa shape index (κ1) is 16.9. The number of amides is 2. The molecule has 0 radical (unpaired) electrons. The molecule has 23 heavy (non-hydrogen) atoms. The van der Waals surface area contributed by atoms with Crippen molar-refractivity contribution in [2.24, 2.45) is 5.41 Å². The van der Waals surface area contributed by atoms with Gasteiger partial charge in [-0.05, 0) is 24.6 Å². The van der Waals surface area contributed by atoms with Gasteiger partial charge in [0.2, 0.25) is 11.8 Å². The number of rotatable bonds is 6. The fraction of sp³-hybridized carbons (Fsp3) is 0.400. The van der Waals surface area contributed by atoms with Crippen LogP contribution in [0.1, 0.15) is 18.9 Å². The van der Waals surface area contributed by atoms with Gasteiger partial charge in [-0.1, -0.05) is 12.1 Å². The molecule has 1 aliphatic carbocycles. The minimum atomic E-state index is -2.97. The molecule has 1 aromatic rings. The van der Waals surface area contributed by atoms with Crippen molar-refractivity contribution in [2.45, 2.75) is 25.7 Å². The number of carbonyl (C=O) groups excluding carboxylic acids is 2. The van der Waals surface area contributed by atoms with Crippen LogP contribution in [0.4, 0.5) is 14.5 Å². The Kier molecular flexibility index (Phi) is 4.35. The molecule has 0 aliphatic heterocycles. The molecule has 6 nitrogen and oxygen atoms in total. The number of halogens is 2. The minimum absolute atomic E-state index is 0.0166. The summed E-state index contributed by atoms with van der Waals surface area (Å²) in [5.41, 5.74) is -0.704. The molecule has 1 fully saturated rings. The summed E-state index contributed by atoms with van der Waals surface area (Å²) in [5.74, 6) is -5.30. The fourth-order valence-corrected chi connectivity index (χ4v) is 2.04. The van der Waals surface area contributed by atoms with Crippen LogP contribution in [0, 0.1) is 5.41 Å². The van der Waals surface area contributed by atoms with Crippen molar-refractivity contribution >= 4 is 23.5 Å². The second-order valence-corrected chi connectivity index (χ2v) is 5.71. The molecule has 1 saturated carbocycles. The van der Waals surface area contributed by atoms with Crippen LogP contribution in [-0.4, -0.2) is 35.4 Å². The van der Waals surface area contributed by atoms with Crippen LogP contribution in [0.2, 0.25) is 0 Å². The van der Waals surface area contributed by atoms with Gasteiger partial charge in [0.15, 0.2) is 0 Å². The van der Waals surface area contributed by atoms with E-state index in [1.54, 1.807) is 12.1 Å². The molecular weight excluding hydrogens is 310 g/mol. The summed E-state index contributed by atoms with van der Waals surface area (Å²) >= 11 is 0. The number of anilines is 1. The molecule has 1 aromatic carbocycles. The van der Waals surface area contributed by atoms with Crippen molar-refractivity contribution in [3.05, 3.63) is 29.8 Å². The number of benzene rings is 1. The van der Waals surface area contributed by atoms with Gasteiger partial charge in [-0.3, -0.25) is 14.4 Å². The zero-order valence-electron chi connectivity index (χ0n) is 12.4. The smallest absolute Gasteiger partial charge is 0.322 e. The zero-order valence-corrected chi connectivity index (χ0v) is 12.4. The molecule has 1 aliphatic rings. The maximum Gasteiger partial charge on any atom is 0.322 e. The predicted molar refractivity (Wildman–Crippen MR) is 77.1 cm³/mol. The lowest BCUT2D eigenvalue weighted by atomic mass is 10.1. The second-order valence-electron chi connectivity index (χ2n) is 5.71. The molecule has 3 N–H and O–H groups in total. The van der Waals surface area contributed by atoms with Crippen LogP contribution < -0.4 is 10.6 Å². The van der Waals surface area contributed by atoms with Crippen molar-refractivity contribution in [2.75, 3.05) is 11.9 Å². The Labute approximate surface area is 130 Å². The van der Waals surface area contributed by atoms with Crippen LogP contribution in [-0.2, 0) is 20.8 Å². The van der Waals surface area contributed by atoms with E-state index in [1.165, 1.54) is 19.1 Å². The van der Waals surface area contributed by atoms with Gasteiger partial charge in [0.1, 0.15) is 12.0 Å². The Morgan fingerprint density at radius 3 is 2.26 bits per heavy atom. The molecule has 2 rings (SSSR count). The standard InChI is InChI=1S/C15H16F2N2O4/c1-14(8-15(14,16)17)13(23)19-10-4-2-9(3-5-10)6-11(20)18-7-12(21)22/h2-5H,6-8H2,1H3,(H,18,20)(H,19,23)(H,21,22). The molecule has 1 unspecified atom stereocenters. The fourth-order valence-electron chi connectivity index (χ4n) is 2.04. The second kappa shape index (κ2) is 5.94. The summed E-state index contributed by atoms with van der Waals surface area (Å²) in [5, 5.41) is 13.1. The normalized spacial score (nSPS) is 21.3. The lowest BCUT2D eigenvalue weighted by Crippen LogP contribution is -2.30. The van der Waals surface area contributed by atoms with Crippen molar-refractivity contribution in [1.29, 1.82) is 0 Å². The zero-order chi connectivity index (χ0) is 17.3. The first-order valence-corrected chi connectivity index (χ1v) is 6.91. The predicted octanol–water partition coefficient (Wildman–Crippen LogP) is 1.41. The highest BCUT2D eigenvalue weighted by Crippen LogP contribution is 2.60. The molecule has 0 saturated heterocycles. The third kappa shape index (κ3) is 3.82. The average molecular weight is 326 g/mol. The van der Waals surface area contributed by atoms with Crippen LogP contribution in [0.25, 0.3) is 0 Å². The van der Waals surface area contributed by atoms with Gasteiger partial charge in [0, 0.05) is 12.1 Å². The molecule has 0 heterocycles. The number of carboxylic acids is 1. The van der Waals surface area contributed by atoms with Crippen LogP contribution in [0.3, 0.4) is 0 Å². The molecule has 1 atom stereocenters. The quantitative estimate of drug-likeness (QED) is 0.736. The van der Waals surface area contributed by atoms with Crippen molar-refractivity contribution in [1.82, 2.24) is 5.32 Å². The highest BCUT2D eigenvalue weighted by atomic mass is 19.3. The number of carboxylic acid groups (broad SMARTS) is 1. The number of carbonyl (C=O) groups is 3. The summed E-state index contributed by atoms with van der Waals surface area (Å²) in [6.07, 6.45) is -0.481. The lowest BCUT2D eigenvalue weighted by molar-refractivity contribution is -0.137. The molecule has 124 valence electrons. The largest absolute Gasteiger partial charge is 0.480 e. The summed E-state index contributed by atoms with van der Waals surface area (Å²) in [6, 6.07) is 6.12. The van der Waals surface area contributed by atoms with Crippen LogP contribution in [0.15, 0.2) is 24.3 Å². The Bertz CT molecular complexity index is 645. The maximum absolute atomic E-state index is 13.1. The SMILES string of the molecule is CC1(C(=O)Nc2ccc(CC(=O)NCC(=O)O)cc2)CC1(F)F. The third-order valence-electron chi connectivity index (χ3n) is 3.77. The van der Waals surface area contributed by atoms with E-state index in [9.17, 15) is 23.2 Å². The van der Waals surface area contributed by atoms with Gasteiger partial charge in [0.05, 0.1) is 6.42 Å². The lowest BCUT2D eigenvalue weighted by Gasteiger charge is -2.11. The Morgan fingerprint density at radius 1 is 1.22 bits per heavy atom.